The van der Waals surface area contributed by atoms with Gasteiger partial charge in [-0.15, -0.1) is 0 Å². The predicted molar refractivity (Wildman–Crippen MR) is 76.0 cm³/mol. The van der Waals surface area contributed by atoms with Crippen molar-refractivity contribution >= 4 is 11.7 Å². The van der Waals surface area contributed by atoms with Crippen LogP contribution in [0.5, 0.6) is 0 Å². The number of hydrogen-bond donors (Lipinski definition) is 2. The molecule has 0 bridgehead atoms. The van der Waals surface area contributed by atoms with Gasteiger partial charge in [0.25, 0.3) is 0 Å². The van der Waals surface area contributed by atoms with Crippen molar-refractivity contribution in [2.24, 2.45) is 5.73 Å². The van der Waals surface area contributed by atoms with Crippen LogP contribution in [0.2, 0.25) is 0 Å². The largest absolute Gasteiger partial charge is 0.416 e. The molecule has 7 heteroatoms. The number of urea groups is 1. The van der Waals surface area contributed by atoms with E-state index in [1.165, 1.54) is 17.0 Å². The molecule has 0 aliphatic rings. The van der Waals surface area contributed by atoms with Crippen LogP contribution in [-0.4, -0.2) is 30.1 Å². The molecule has 0 fully saturated rings. The van der Waals surface area contributed by atoms with Crippen molar-refractivity contribution in [1.82, 2.24) is 4.90 Å². The van der Waals surface area contributed by atoms with Crippen molar-refractivity contribution in [3.05, 3.63) is 29.8 Å². The molecule has 4 nitrogen and oxygen atoms in total. The number of amides is 2. The van der Waals surface area contributed by atoms with E-state index >= 15 is 0 Å². The summed E-state index contributed by atoms with van der Waals surface area (Å²) in [5.74, 6) is 0. The number of hydrogen-bond acceptors (Lipinski definition) is 2. The maximum atomic E-state index is 12.4. The number of carbonyl (C=O) groups is 1. The highest BCUT2D eigenvalue weighted by Crippen LogP contribution is 2.30. The second kappa shape index (κ2) is 6.34. The van der Waals surface area contributed by atoms with Gasteiger partial charge in [0.05, 0.1) is 11.1 Å². The Morgan fingerprint density at radius 1 is 1.29 bits per heavy atom. The standard InChI is InChI=1S/C14H20F3N3O/c1-4-13(2,9-18)20(3)12(21)19-11-7-5-10(6-8-11)14(15,16)17/h5-8H,4,9,18H2,1-3H3,(H,19,21). The number of alkyl halides is 3. The lowest BCUT2D eigenvalue weighted by atomic mass is 9.97. The van der Waals surface area contributed by atoms with E-state index in [1.807, 2.05) is 13.8 Å². The summed E-state index contributed by atoms with van der Waals surface area (Å²) in [6.45, 7) is 4.05. The summed E-state index contributed by atoms with van der Waals surface area (Å²) in [6.07, 6.45) is -3.72. The normalized spacial score (nSPS) is 14.4. The molecule has 118 valence electrons. The summed E-state index contributed by atoms with van der Waals surface area (Å²) in [7, 11) is 1.61. The van der Waals surface area contributed by atoms with Gasteiger partial charge in [0.15, 0.2) is 0 Å². The molecule has 21 heavy (non-hydrogen) atoms. The van der Waals surface area contributed by atoms with Gasteiger partial charge >= 0.3 is 12.2 Å². The first kappa shape index (κ1) is 17.3. The third-order valence-corrected chi connectivity index (χ3v) is 3.78. The minimum atomic E-state index is -4.39. The molecule has 0 heterocycles. The van der Waals surface area contributed by atoms with Crippen molar-refractivity contribution in [1.29, 1.82) is 0 Å². The van der Waals surface area contributed by atoms with Gasteiger partial charge < -0.3 is 16.0 Å². The van der Waals surface area contributed by atoms with Crippen LogP contribution in [0.1, 0.15) is 25.8 Å². The van der Waals surface area contributed by atoms with Crippen molar-refractivity contribution < 1.29 is 18.0 Å². The number of nitrogens with one attached hydrogen (secondary N) is 1. The fourth-order valence-corrected chi connectivity index (χ4v) is 1.71. The first-order valence-corrected chi connectivity index (χ1v) is 6.56. The highest BCUT2D eigenvalue weighted by atomic mass is 19.4. The van der Waals surface area contributed by atoms with Crippen LogP contribution in [0.15, 0.2) is 24.3 Å². The zero-order valence-electron chi connectivity index (χ0n) is 12.3. The molecule has 0 saturated heterocycles. The van der Waals surface area contributed by atoms with Crippen molar-refractivity contribution in [2.75, 3.05) is 18.9 Å². The number of benzene rings is 1. The number of halogens is 3. The van der Waals surface area contributed by atoms with Crippen LogP contribution in [0, 0.1) is 0 Å². The summed E-state index contributed by atoms with van der Waals surface area (Å²) in [4.78, 5) is 13.6. The molecule has 2 amide bonds. The van der Waals surface area contributed by atoms with E-state index < -0.39 is 23.3 Å². The van der Waals surface area contributed by atoms with Crippen LogP contribution in [-0.2, 0) is 6.18 Å². The molecule has 0 radical (unpaired) electrons. The van der Waals surface area contributed by atoms with Crippen LogP contribution in [0.4, 0.5) is 23.7 Å². The quantitative estimate of drug-likeness (QED) is 0.896. The number of likely N-dealkylation sites (N-methyl/N-ethyl adjacent to an activating group) is 1. The summed E-state index contributed by atoms with van der Waals surface area (Å²) in [6, 6.07) is 3.89. The zero-order chi connectivity index (χ0) is 16.3. The summed E-state index contributed by atoms with van der Waals surface area (Å²) < 4.78 is 37.3. The zero-order valence-corrected chi connectivity index (χ0v) is 12.3. The van der Waals surface area contributed by atoms with E-state index in [0.29, 0.717) is 18.7 Å². The smallest absolute Gasteiger partial charge is 0.328 e. The molecule has 0 aliphatic carbocycles. The summed E-state index contributed by atoms with van der Waals surface area (Å²) in [5, 5.41) is 2.56. The number of nitrogens with zero attached hydrogens (tertiary/aromatic N) is 1. The maximum Gasteiger partial charge on any atom is 0.416 e. The summed E-state index contributed by atoms with van der Waals surface area (Å²) in [5.41, 5.74) is 4.71. The maximum absolute atomic E-state index is 12.4. The van der Waals surface area contributed by atoms with Gasteiger partial charge in [0, 0.05) is 19.3 Å². The summed E-state index contributed by atoms with van der Waals surface area (Å²) >= 11 is 0. The lowest BCUT2D eigenvalue weighted by Gasteiger charge is -2.37. The lowest BCUT2D eigenvalue weighted by Crippen LogP contribution is -2.53. The molecular weight excluding hydrogens is 283 g/mol. The van der Waals surface area contributed by atoms with E-state index in [9.17, 15) is 18.0 Å². The van der Waals surface area contributed by atoms with Gasteiger partial charge in [-0.05, 0) is 37.6 Å². The Kier molecular flexibility index (Phi) is 5.22. The average Bonchev–Trinajstić information content (AvgIpc) is 2.45. The highest BCUT2D eigenvalue weighted by Gasteiger charge is 2.31. The van der Waals surface area contributed by atoms with E-state index in [4.69, 9.17) is 5.73 Å². The Labute approximate surface area is 122 Å². The van der Waals surface area contributed by atoms with Crippen LogP contribution < -0.4 is 11.1 Å². The van der Waals surface area contributed by atoms with Crippen molar-refractivity contribution in [3.63, 3.8) is 0 Å². The number of rotatable bonds is 4. The van der Waals surface area contributed by atoms with E-state index in [1.54, 1.807) is 7.05 Å². The first-order chi connectivity index (χ1) is 9.64. The van der Waals surface area contributed by atoms with Gasteiger partial charge in [-0.3, -0.25) is 0 Å². The molecule has 1 aromatic rings. The van der Waals surface area contributed by atoms with Gasteiger partial charge in [0.1, 0.15) is 0 Å². The second-order valence-corrected chi connectivity index (χ2v) is 5.12. The van der Waals surface area contributed by atoms with Gasteiger partial charge in [-0.25, -0.2) is 4.79 Å². The van der Waals surface area contributed by atoms with E-state index in [2.05, 4.69) is 5.32 Å². The predicted octanol–water partition coefficient (Wildman–Crippen LogP) is 3.30. The highest BCUT2D eigenvalue weighted by molar-refractivity contribution is 5.89. The molecule has 0 aliphatic heterocycles. The Morgan fingerprint density at radius 3 is 2.19 bits per heavy atom. The number of anilines is 1. The molecular formula is C14H20F3N3O. The molecule has 1 rings (SSSR count). The number of carbonyl (C=O) groups excluding carboxylic acids is 1. The van der Waals surface area contributed by atoms with E-state index in [-0.39, 0.29) is 0 Å². The molecule has 3 N–H and O–H groups in total. The van der Waals surface area contributed by atoms with Crippen molar-refractivity contribution in [2.45, 2.75) is 32.0 Å². The Balaban J connectivity index is 2.80. The molecule has 1 unspecified atom stereocenters. The van der Waals surface area contributed by atoms with Crippen LogP contribution in [0.25, 0.3) is 0 Å². The average molecular weight is 303 g/mol. The monoisotopic (exact) mass is 303 g/mol. The van der Waals surface area contributed by atoms with Gasteiger partial charge in [-0.2, -0.15) is 13.2 Å². The first-order valence-electron chi connectivity index (χ1n) is 6.56. The second-order valence-electron chi connectivity index (χ2n) is 5.12. The SMILES string of the molecule is CCC(C)(CN)N(C)C(=O)Nc1ccc(C(F)(F)F)cc1. The van der Waals surface area contributed by atoms with Crippen LogP contribution >= 0.6 is 0 Å². The Morgan fingerprint density at radius 2 is 1.81 bits per heavy atom. The van der Waals surface area contributed by atoms with Gasteiger partial charge in [0.2, 0.25) is 0 Å². The topological polar surface area (TPSA) is 58.4 Å². The molecule has 1 atom stereocenters. The molecule has 1 aromatic carbocycles. The fourth-order valence-electron chi connectivity index (χ4n) is 1.71. The molecule has 0 saturated carbocycles. The molecule has 0 aromatic heterocycles. The molecule has 0 spiro atoms. The third kappa shape index (κ3) is 4.10. The van der Waals surface area contributed by atoms with Crippen molar-refractivity contribution in [3.8, 4) is 0 Å². The Bertz CT molecular complexity index is 481. The van der Waals surface area contributed by atoms with E-state index in [0.717, 1.165) is 12.1 Å². The van der Waals surface area contributed by atoms with Crippen LogP contribution in [0.3, 0.4) is 0 Å². The minimum absolute atomic E-state index is 0.292. The Hall–Kier alpha value is -1.76. The third-order valence-electron chi connectivity index (χ3n) is 3.78. The minimum Gasteiger partial charge on any atom is -0.328 e. The fraction of sp³-hybridized carbons (Fsp3) is 0.500. The lowest BCUT2D eigenvalue weighted by molar-refractivity contribution is -0.137. The van der Waals surface area contributed by atoms with Gasteiger partial charge in [-0.1, -0.05) is 6.92 Å². The number of nitrogens with two attached hydrogens (primary N) is 1.